The maximum absolute atomic E-state index is 6.16. The van der Waals surface area contributed by atoms with E-state index in [-0.39, 0.29) is 12.0 Å². The topological polar surface area (TPSA) is 35.0 Å². The molecule has 106 valence electrons. The SMILES string of the molecule is Cc1c(Cl)nc(C(C)C)nc1OC(C)c1ccccc1. The molecule has 0 fully saturated rings. The van der Waals surface area contributed by atoms with Gasteiger partial charge in [0.15, 0.2) is 0 Å². The molecular formula is C16H19ClN2O. The summed E-state index contributed by atoms with van der Waals surface area (Å²) >= 11 is 6.16. The Bertz CT molecular complexity index is 585. The largest absolute Gasteiger partial charge is 0.469 e. The average Bonchev–Trinajstić information content (AvgIpc) is 2.44. The first-order valence-electron chi connectivity index (χ1n) is 6.74. The van der Waals surface area contributed by atoms with Crippen LogP contribution in [0, 0.1) is 6.92 Å². The van der Waals surface area contributed by atoms with Gasteiger partial charge in [-0.25, -0.2) is 4.98 Å². The smallest absolute Gasteiger partial charge is 0.221 e. The van der Waals surface area contributed by atoms with Gasteiger partial charge in [-0.05, 0) is 19.4 Å². The summed E-state index contributed by atoms with van der Waals surface area (Å²) in [5.74, 6) is 1.48. The number of hydrogen-bond donors (Lipinski definition) is 0. The van der Waals surface area contributed by atoms with Gasteiger partial charge in [0.1, 0.15) is 17.1 Å². The summed E-state index contributed by atoms with van der Waals surface area (Å²) in [6, 6.07) is 10.0. The van der Waals surface area contributed by atoms with Crippen molar-refractivity contribution in [2.75, 3.05) is 0 Å². The van der Waals surface area contributed by atoms with Crippen molar-refractivity contribution in [3.05, 3.63) is 52.4 Å². The number of benzene rings is 1. The minimum absolute atomic E-state index is 0.0825. The van der Waals surface area contributed by atoms with Gasteiger partial charge in [0.05, 0.1) is 0 Å². The summed E-state index contributed by atoms with van der Waals surface area (Å²) in [7, 11) is 0. The van der Waals surface area contributed by atoms with Gasteiger partial charge in [0, 0.05) is 11.5 Å². The third kappa shape index (κ3) is 3.28. The van der Waals surface area contributed by atoms with Crippen molar-refractivity contribution in [1.82, 2.24) is 9.97 Å². The van der Waals surface area contributed by atoms with Crippen LogP contribution in [0.25, 0.3) is 0 Å². The monoisotopic (exact) mass is 290 g/mol. The molecule has 0 bridgehead atoms. The van der Waals surface area contributed by atoms with Crippen molar-refractivity contribution in [1.29, 1.82) is 0 Å². The molecule has 1 unspecified atom stereocenters. The van der Waals surface area contributed by atoms with E-state index in [1.165, 1.54) is 0 Å². The zero-order chi connectivity index (χ0) is 14.7. The lowest BCUT2D eigenvalue weighted by molar-refractivity contribution is 0.214. The van der Waals surface area contributed by atoms with Crippen LogP contribution in [-0.4, -0.2) is 9.97 Å². The van der Waals surface area contributed by atoms with Crippen LogP contribution in [0.15, 0.2) is 30.3 Å². The third-order valence-electron chi connectivity index (χ3n) is 3.13. The Morgan fingerprint density at radius 1 is 1.05 bits per heavy atom. The van der Waals surface area contributed by atoms with E-state index in [2.05, 4.69) is 9.97 Å². The third-order valence-corrected chi connectivity index (χ3v) is 3.50. The zero-order valence-electron chi connectivity index (χ0n) is 12.2. The van der Waals surface area contributed by atoms with Crippen LogP contribution in [0.4, 0.5) is 0 Å². The minimum atomic E-state index is -0.0825. The maximum atomic E-state index is 6.16. The summed E-state index contributed by atoms with van der Waals surface area (Å²) in [4.78, 5) is 8.77. The van der Waals surface area contributed by atoms with Gasteiger partial charge < -0.3 is 4.74 Å². The van der Waals surface area contributed by atoms with E-state index in [0.29, 0.717) is 16.9 Å². The molecule has 0 aliphatic carbocycles. The first-order valence-corrected chi connectivity index (χ1v) is 7.12. The van der Waals surface area contributed by atoms with E-state index in [4.69, 9.17) is 16.3 Å². The molecule has 0 N–H and O–H groups in total. The minimum Gasteiger partial charge on any atom is -0.469 e. The Morgan fingerprint density at radius 3 is 2.30 bits per heavy atom. The summed E-state index contributed by atoms with van der Waals surface area (Å²) in [6.45, 7) is 7.94. The molecule has 1 aromatic carbocycles. The van der Waals surface area contributed by atoms with Crippen LogP contribution >= 0.6 is 11.6 Å². The van der Waals surface area contributed by atoms with E-state index in [0.717, 1.165) is 11.1 Å². The fourth-order valence-electron chi connectivity index (χ4n) is 1.82. The Kier molecular flexibility index (Phi) is 4.61. The van der Waals surface area contributed by atoms with Gasteiger partial charge in [0.2, 0.25) is 5.88 Å². The zero-order valence-corrected chi connectivity index (χ0v) is 13.0. The Morgan fingerprint density at radius 2 is 1.70 bits per heavy atom. The van der Waals surface area contributed by atoms with Gasteiger partial charge in [-0.3, -0.25) is 0 Å². The van der Waals surface area contributed by atoms with Gasteiger partial charge in [-0.2, -0.15) is 4.98 Å². The second-order valence-corrected chi connectivity index (χ2v) is 5.49. The number of halogens is 1. The molecule has 2 aromatic rings. The van der Waals surface area contributed by atoms with Crippen LogP contribution in [-0.2, 0) is 0 Å². The summed E-state index contributed by atoms with van der Waals surface area (Å²) < 4.78 is 5.97. The quantitative estimate of drug-likeness (QED) is 0.765. The molecule has 1 aromatic heterocycles. The molecule has 0 aliphatic heterocycles. The normalized spacial score (nSPS) is 12.5. The Labute approximate surface area is 125 Å². The molecule has 1 heterocycles. The summed E-state index contributed by atoms with van der Waals surface area (Å²) in [6.07, 6.45) is -0.0825. The number of aromatic nitrogens is 2. The molecule has 0 radical (unpaired) electrons. The van der Waals surface area contributed by atoms with Crippen LogP contribution < -0.4 is 4.74 Å². The second kappa shape index (κ2) is 6.23. The van der Waals surface area contributed by atoms with E-state index >= 15 is 0 Å². The van der Waals surface area contributed by atoms with E-state index in [1.54, 1.807) is 0 Å². The lowest BCUT2D eigenvalue weighted by Gasteiger charge is -2.17. The Balaban J connectivity index is 2.29. The fourth-order valence-corrected chi connectivity index (χ4v) is 1.99. The molecule has 0 amide bonds. The summed E-state index contributed by atoms with van der Waals surface area (Å²) in [5, 5.41) is 0.457. The van der Waals surface area contributed by atoms with Crippen molar-refractivity contribution in [2.45, 2.75) is 39.7 Å². The Hall–Kier alpha value is -1.61. The highest BCUT2D eigenvalue weighted by atomic mass is 35.5. The second-order valence-electron chi connectivity index (χ2n) is 5.13. The fraction of sp³-hybridized carbons (Fsp3) is 0.375. The molecule has 0 saturated carbocycles. The van der Waals surface area contributed by atoms with Crippen LogP contribution in [0.1, 0.15) is 49.7 Å². The number of ether oxygens (including phenoxy) is 1. The standard InChI is InChI=1S/C16H19ClN2O/c1-10(2)15-18-14(17)11(3)16(19-15)20-12(4)13-8-6-5-7-9-13/h5-10,12H,1-4H3. The lowest BCUT2D eigenvalue weighted by Crippen LogP contribution is -2.09. The average molecular weight is 291 g/mol. The first kappa shape index (κ1) is 14.8. The predicted octanol–water partition coefficient (Wildman–Crippen LogP) is 4.70. The van der Waals surface area contributed by atoms with Gasteiger partial charge in [-0.1, -0.05) is 55.8 Å². The molecule has 3 nitrogen and oxygen atoms in total. The number of rotatable bonds is 4. The van der Waals surface area contributed by atoms with Gasteiger partial charge >= 0.3 is 0 Å². The molecule has 0 saturated heterocycles. The van der Waals surface area contributed by atoms with Crippen molar-refractivity contribution in [3.63, 3.8) is 0 Å². The van der Waals surface area contributed by atoms with E-state index < -0.39 is 0 Å². The van der Waals surface area contributed by atoms with E-state index in [9.17, 15) is 0 Å². The summed E-state index contributed by atoms with van der Waals surface area (Å²) in [5.41, 5.74) is 1.88. The van der Waals surface area contributed by atoms with Gasteiger partial charge in [0.25, 0.3) is 0 Å². The molecule has 4 heteroatoms. The van der Waals surface area contributed by atoms with E-state index in [1.807, 2.05) is 58.0 Å². The molecule has 20 heavy (non-hydrogen) atoms. The highest BCUT2D eigenvalue weighted by molar-refractivity contribution is 6.30. The first-order chi connectivity index (χ1) is 9.49. The lowest BCUT2D eigenvalue weighted by atomic mass is 10.1. The number of hydrogen-bond acceptors (Lipinski definition) is 3. The van der Waals surface area contributed by atoms with Gasteiger partial charge in [-0.15, -0.1) is 0 Å². The highest BCUT2D eigenvalue weighted by Gasteiger charge is 2.15. The van der Waals surface area contributed by atoms with Crippen molar-refractivity contribution >= 4 is 11.6 Å². The molecule has 1 atom stereocenters. The highest BCUT2D eigenvalue weighted by Crippen LogP contribution is 2.28. The maximum Gasteiger partial charge on any atom is 0.221 e. The molecule has 2 rings (SSSR count). The van der Waals surface area contributed by atoms with Crippen LogP contribution in [0.5, 0.6) is 5.88 Å². The molecular weight excluding hydrogens is 272 g/mol. The molecule has 0 spiro atoms. The predicted molar refractivity (Wildman–Crippen MR) is 81.4 cm³/mol. The van der Waals surface area contributed by atoms with Crippen molar-refractivity contribution < 1.29 is 4.74 Å². The van der Waals surface area contributed by atoms with Crippen molar-refractivity contribution in [2.24, 2.45) is 0 Å². The number of nitrogens with zero attached hydrogens (tertiary/aromatic N) is 2. The van der Waals surface area contributed by atoms with Crippen molar-refractivity contribution in [3.8, 4) is 5.88 Å². The van der Waals surface area contributed by atoms with Crippen LogP contribution in [0.2, 0.25) is 5.15 Å². The van der Waals surface area contributed by atoms with Crippen LogP contribution in [0.3, 0.4) is 0 Å². The molecule has 0 aliphatic rings.